The summed E-state index contributed by atoms with van der Waals surface area (Å²) < 4.78 is 17.1. The predicted molar refractivity (Wildman–Crippen MR) is 107 cm³/mol. The number of methoxy groups -OCH3 is 1. The van der Waals surface area contributed by atoms with Crippen LogP contribution in [0.1, 0.15) is 42.6 Å². The molecule has 0 bridgehead atoms. The Morgan fingerprint density at radius 3 is 2.38 bits per heavy atom. The van der Waals surface area contributed by atoms with Crippen LogP contribution >= 0.6 is 0 Å². The Labute approximate surface area is 170 Å². The lowest BCUT2D eigenvalue weighted by Crippen LogP contribution is -2.55. The van der Waals surface area contributed by atoms with Gasteiger partial charge < -0.3 is 29.5 Å². The lowest BCUT2D eigenvalue weighted by atomic mass is 9.88. The monoisotopic (exact) mass is 400 g/mol. The van der Waals surface area contributed by atoms with Crippen LogP contribution in [-0.4, -0.2) is 52.9 Å². The standard InChI is InChI=1S/C23H28O6/c1-3-28-17-7-4-14(5-8-17)12-16-13-15(6-9-18(16)27-2)21-19(24)20(25)22(26)23(29-21)10-11-23/h4-9,13,19-22,24-26H,3,10-12H2,1-2H3/t19-,20-,21+,22+/m1/s1. The smallest absolute Gasteiger partial charge is 0.122 e. The summed E-state index contributed by atoms with van der Waals surface area (Å²) in [4.78, 5) is 0. The molecule has 4 rings (SSSR count). The van der Waals surface area contributed by atoms with Crippen LogP contribution in [0.25, 0.3) is 0 Å². The van der Waals surface area contributed by atoms with Gasteiger partial charge in [0.15, 0.2) is 0 Å². The van der Waals surface area contributed by atoms with Crippen LogP contribution in [0, 0.1) is 0 Å². The molecule has 6 heteroatoms. The van der Waals surface area contributed by atoms with Gasteiger partial charge in [-0.15, -0.1) is 0 Å². The molecule has 2 fully saturated rings. The minimum atomic E-state index is -1.23. The van der Waals surface area contributed by atoms with Gasteiger partial charge in [-0.1, -0.05) is 18.2 Å². The van der Waals surface area contributed by atoms with E-state index in [2.05, 4.69) is 0 Å². The fraction of sp³-hybridized carbons (Fsp3) is 0.478. The van der Waals surface area contributed by atoms with Crippen molar-refractivity contribution in [3.8, 4) is 11.5 Å². The van der Waals surface area contributed by atoms with E-state index in [-0.39, 0.29) is 0 Å². The van der Waals surface area contributed by atoms with E-state index in [1.54, 1.807) is 7.11 Å². The van der Waals surface area contributed by atoms with E-state index in [4.69, 9.17) is 14.2 Å². The lowest BCUT2D eigenvalue weighted by Gasteiger charge is -2.41. The fourth-order valence-electron chi connectivity index (χ4n) is 4.08. The Morgan fingerprint density at radius 2 is 1.76 bits per heavy atom. The number of hydrogen-bond donors (Lipinski definition) is 3. The quantitative estimate of drug-likeness (QED) is 0.690. The van der Waals surface area contributed by atoms with Gasteiger partial charge in [0, 0.05) is 6.42 Å². The molecule has 1 heterocycles. The molecule has 1 saturated heterocycles. The fourth-order valence-corrected chi connectivity index (χ4v) is 4.08. The van der Waals surface area contributed by atoms with Crippen molar-refractivity contribution in [3.63, 3.8) is 0 Å². The van der Waals surface area contributed by atoms with Gasteiger partial charge in [0.25, 0.3) is 0 Å². The summed E-state index contributed by atoms with van der Waals surface area (Å²) in [5, 5.41) is 31.1. The van der Waals surface area contributed by atoms with Crippen LogP contribution < -0.4 is 9.47 Å². The van der Waals surface area contributed by atoms with Crippen molar-refractivity contribution in [2.45, 2.75) is 56.2 Å². The molecule has 156 valence electrons. The first-order valence-corrected chi connectivity index (χ1v) is 10.1. The zero-order valence-electron chi connectivity index (χ0n) is 16.7. The molecule has 6 nitrogen and oxygen atoms in total. The maximum Gasteiger partial charge on any atom is 0.122 e. The second kappa shape index (κ2) is 7.95. The molecule has 4 atom stereocenters. The van der Waals surface area contributed by atoms with E-state index >= 15 is 0 Å². The molecule has 0 unspecified atom stereocenters. The van der Waals surface area contributed by atoms with Gasteiger partial charge in [-0.3, -0.25) is 0 Å². The number of ether oxygens (including phenoxy) is 3. The largest absolute Gasteiger partial charge is 0.496 e. The molecule has 3 N–H and O–H groups in total. The Kier molecular flexibility index (Phi) is 5.53. The highest BCUT2D eigenvalue weighted by atomic mass is 16.6. The number of hydrogen-bond acceptors (Lipinski definition) is 6. The van der Waals surface area contributed by atoms with Gasteiger partial charge in [-0.25, -0.2) is 0 Å². The molecule has 29 heavy (non-hydrogen) atoms. The molecule has 0 radical (unpaired) electrons. The summed E-state index contributed by atoms with van der Waals surface area (Å²) in [6.07, 6.45) is -2.16. The van der Waals surface area contributed by atoms with Gasteiger partial charge in [-0.2, -0.15) is 0 Å². The van der Waals surface area contributed by atoms with E-state index in [0.29, 0.717) is 25.9 Å². The average Bonchev–Trinajstić information content (AvgIpc) is 3.51. The second-order valence-corrected chi connectivity index (χ2v) is 7.85. The van der Waals surface area contributed by atoms with Gasteiger partial charge >= 0.3 is 0 Å². The van der Waals surface area contributed by atoms with Crippen molar-refractivity contribution in [2.24, 2.45) is 0 Å². The molecule has 1 spiro atoms. The maximum atomic E-state index is 10.5. The summed E-state index contributed by atoms with van der Waals surface area (Å²) in [6.45, 7) is 2.58. The molecule has 0 amide bonds. The summed E-state index contributed by atoms with van der Waals surface area (Å²) in [6, 6.07) is 13.6. The van der Waals surface area contributed by atoms with Gasteiger partial charge in [0.1, 0.15) is 35.9 Å². The second-order valence-electron chi connectivity index (χ2n) is 7.85. The maximum absolute atomic E-state index is 10.5. The van der Waals surface area contributed by atoms with E-state index in [0.717, 1.165) is 28.2 Å². The third-order valence-electron chi connectivity index (χ3n) is 5.89. The van der Waals surface area contributed by atoms with E-state index < -0.39 is 30.0 Å². The summed E-state index contributed by atoms with van der Waals surface area (Å²) in [5.41, 5.74) is 2.08. The molecule has 1 saturated carbocycles. The number of rotatable bonds is 6. The highest BCUT2D eigenvalue weighted by Gasteiger charge is 2.60. The van der Waals surface area contributed by atoms with Crippen molar-refractivity contribution >= 4 is 0 Å². The topological polar surface area (TPSA) is 88.4 Å². The van der Waals surface area contributed by atoms with Crippen LogP contribution in [-0.2, 0) is 11.2 Å². The van der Waals surface area contributed by atoms with Crippen LogP contribution in [0.3, 0.4) is 0 Å². The summed E-state index contributed by atoms with van der Waals surface area (Å²) >= 11 is 0. The Balaban J connectivity index is 1.59. The SMILES string of the molecule is CCOc1ccc(Cc2cc([C@@H]3OC4(CC4)[C@@H](O)[C@H](O)[C@H]3O)ccc2OC)cc1. The summed E-state index contributed by atoms with van der Waals surface area (Å²) in [5.74, 6) is 1.58. The molecular weight excluding hydrogens is 372 g/mol. The normalized spacial score (nSPS) is 27.6. The highest BCUT2D eigenvalue weighted by molar-refractivity contribution is 5.42. The van der Waals surface area contributed by atoms with Gasteiger partial charge in [-0.05, 0) is 60.7 Å². The lowest BCUT2D eigenvalue weighted by molar-refractivity contribution is -0.236. The highest BCUT2D eigenvalue weighted by Crippen LogP contribution is 2.52. The third kappa shape index (κ3) is 3.85. The van der Waals surface area contributed by atoms with E-state index in [9.17, 15) is 15.3 Å². The molecular formula is C23H28O6. The van der Waals surface area contributed by atoms with E-state index in [1.807, 2.05) is 49.4 Å². The molecule has 0 aromatic heterocycles. The number of aliphatic hydroxyl groups excluding tert-OH is 3. The molecule has 1 aliphatic heterocycles. The third-order valence-corrected chi connectivity index (χ3v) is 5.89. The van der Waals surface area contributed by atoms with Crippen molar-refractivity contribution in [2.75, 3.05) is 13.7 Å². The van der Waals surface area contributed by atoms with Crippen LogP contribution in [0.5, 0.6) is 11.5 Å². The number of aliphatic hydroxyl groups is 3. The Morgan fingerprint density at radius 1 is 1.03 bits per heavy atom. The molecule has 2 aromatic carbocycles. The zero-order valence-corrected chi connectivity index (χ0v) is 16.7. The zero-order chi connectivity index (χ0) is 20.6. The summed E-state index contributed by atoms with van der Waals surface area (Å²) in [7, 11) is 1.63. The van der Waals surface area contributed by atoms with Crippen molar-refractivity contribution in [1.29, 1.82) is 0 Å². The average molecular weight is 400 g/mol. The van der Waals surface area contributed by atoms with Crippen LogP contribution in [0.15, 0.2) is 42.5 Å². The van der Waals surface area contributed by atoms with Gasteiger partial charge in [0.05, 0.1) is 19.3 Å². The minimum Gasteiger partial charge on any atom is -0.496 e. The molecule has 2 aromatic rings. The van der Waals surface area contributed by atoms with Crippen LogP contribution in [0.2, 0.25) is 0 Å². The van der Waals surface area contributed by atoms with Crippen molar-refractivity contribution < 1.29 is 29.5 Å². The van der Waals surface area contributed by atoms with Crippen LogP contribution in [0.4, 0.5) is 0 Å². The first-order valence-electron chi connectivity index (χ1n) is 10.1. The molecule has 1 aliphatic carbocycles. The van der Waals surface area contributed by atoms with Crippen molar-refractivity contribution in [3.05, 3.63) is 59.2 Å². The first-order chi connectivity index (χ1) is 14.0. The van der Waals surface area contributed by atoms with Gasteiger partial charge in [0.2, 0.25) is 0 Å². The Hall–Kier alpha value is -2.12. The Bertz CT molecular complexity index is 845. The minimum absolute atomic E-state index is 0.626. The van der Waals surface area contributed by atoms with E-state index in [1.165, 1.54) is 0 Å². The molecule has 2 aliphatic rings. The van der Waals surface area contributed by atoms with Crippen molar-refractivity contribution in [1.82, 2.24) is 0 Å². The first kappa shape index (κ1) is 20.2. The predicted octanol–water partition coefficient (Wildman–Crippen LogP) is 2.37. The number of benzene rings is 2.